The van der Waals surface area contributed by atoms with E-state index in [0.717, 1.165) is 38.0 Å². The van der Waals surface area contributed by atoms with Gasteiger partial charge in [-0.15, -0.1) is 0 Å². The van der Waals surface area contributed by atoms with Crippen molar-refractivity contribution in [3.8, 4) is 0 Å². The van der Waals surface area contributed by atoms with E-state index in [1.54, 1.807) is 4.90 Å². The fourth-order valence-corrected chi connectivity index (χ4v) is 2.71. The first-order valence-corrected chi connectivity index (χ1v) is 7.69. The standard InChI is InChI=1S/C12H20N2O2S/c1-17-7-3-2-6-14-8-10(15)13-11(12(14)16)9-4-5-9/h9,11H,2-8H2,1H3,(H,13,15). The van der Waals surface area contributed by atoms with Gasteiger partial charge in [-0.25, -0.2) is 0 Å². The van der Waals surface area contributed by atoms with Gasteiger partial charge in [0.25, 0.3) is 0 Å². The molecule has 0 bridgehead atoms. The zero-order chi connectivity index (χ0) is 12.3. The molecule has 1 heterocycles. The molecule has 2 aliphatic rings. The van der Waals surface area contributed by atoms with E-state index in [9.17, 15) is 9.59 Å². The number of carbonyl (C=O) groups excluding carboxylic acids is 2. The molecule has 5 heteroatoms. The predicted octanol–water partition coefficient (Wildman–Crippen LogP) is 0.867. The van der Waals surface area contributed by atoms with Crippen molar-refractivity contribution in [1.82, 2.24) is 10.2 Å². The number of thioether (sulfide) groups is 1. The molecular formula is C12H20N2O2S. The second-order valence-electron chi connectivity index (χ2n) is 4.84. The molecule has 0 radical (unpaired) electrons. The van der Waals surface area contributed by atoms with E-state index in [2.05, 4.69) is 11.6 Å². The van der Waals surface area contributed by atoms with Crippen molar-refractivity contribution in [1.29, 1.82) is 0 Å². The molecule has 1 saturated carbocycles. The summed E-state index contributed by atoms with van der Waals surface area (Å²) in [6, 6.07) is -0.225. The fourth-order valence-electron chi connectivity index (χ4n) is 2.22. The number of hydrogen-bond donors (Lipinski definition) is 1. The lowest BCUT2D eigenvalue weighted by atomic mass is 10.1. The Morgan fingerprint density at radius 3 is 2.76 bits per heavy atom. The monoisotopic (exact) mass is 256 g/mol. The Morgan fingerprint density at radius 1 is 1.35 bits per heavy atom. The number of carbonyl (C=O) groups is 2. The molecule has 0 aromatic rings. The van der Waals surface area contributed by atoms with Crippen LogP contribution in [0.25, 0.3) is 0 Å². The molecule has 4 nitrogen and oxygen atoms in total. The van der Waals surface area contributed by atoms with Crippen molar-refractivity contribution in [2.75, 3.05) is 25.1 Å². The van der Waals surface area contributed by atoms with Gasteiger partial charge in [-0.1, -0.05) is 0 Å². The van der Waals surface area contributed by atoms with Crippen molar-refractivity contribution >= 4 is 23.6 Å². The minimum Gasteiger partial charge on any atom is -0.342 e. The molecule has 2 amide bonds. The van der Waals surface area contributed by atoms with Crippen molar-refractivity contribution in [3.05, 3.63) is 0 Å². The van der Waals surface area contributed by atoms with Crippen LogP contribution in [0.2, 0.25) is 0 Å². The van der Waals surface area contributed by atoms with Gasteiger partial charge in [-0.3, -0.25) is 9.59 Å². The molecule has 96 valence electrons. The van der Waals surface area contributed by atoms with Crippen LogP contribution in [0.1, 0.15) is 25.7 Å². The third-order valence-corrected chi connectivity index (χ3v) is 4.05. The van der Waals surface area contributed by atoms with Gasteiger partial charge in [0.1, 0.15) is 6.04 Å². The van der Waals surface area contributed by atoms with Gasteiger partial charge in [0.05, 0.1) is 6.54 Å². The van der Waals surface area contributed by atoms with Crippen LogP contribution in [-0.2, 0) is 9.59 Å². The van der Waals surface area contributed by atoms with Crippen LogP contribution in [0.15, 0.2) is 0 Å². The van der Waals surface area contributed by atoms with Gasteiger partial charge in [-0.2, -0.15) is 11.8 Å². The highest BCUT2D eigenvalue weighted by Gasteiger charge is 2.42. The van der Waals surface area contributed by atoms with Crippen LogP contribution < -0.4 is 5.32 Å². The second-order valence-corrected chi connectivity index (χ2v) is 5.83. The SMILES string of the molecule is CSCCCCN1CC(=O)NC(C2CC2)C1=O. The van der Waals surface area contributed by atoms with Gasteiger partial charge in [0.2, 0.25) is 11.8 Å². The first kappa shape index (κ1) is 12.7. The Bertz CT molecular complexity index is 305. The Labute approximate surface area is 106 Å². The summed E-state index contributed by atoms with van der Waals surface area (Å²) in [5, 5.41) is 2.83. The quantitative estimate of drug-likeness (QED) is 0.717. The summed E-state index contributed by atoms with van der Waals surface area (Å²) in [7, 11) is 0. The summed E-state index contributed by atoms with van der Waals surface area (Å²) >= 11 is 1.82. The number of hydrogen-bond acceptors (Lipinski definition) is 3. The highest BCUT2D eigenvalue weighted by molar-refractivity contribution is 7.98. The van der Waals surface area contributed by atoms with Gasteiger partial charge in [0, 0.05) is 6.54 Å². The zero-order valence-electron chi connectivity index (χ0n) is 10.3. The molecule has 0 spiro atoms. The number of unbranched alkanes of at least 4 members (excludes halogenated alkanes) is 1. The smallest absolute Gasteiger partial charge is 0.245 e. The van der Waals surface area contributed by atoms with E-state index in [4.69, 9.17) is 0 Å². The average Bonchev–Trinajstić information content (AvgIpc) is 3.12. The van der Waals surface area contributed by atoms with E-state index in [-0.39, 0.29) is 24.4 Å². The molecule has 1 unspecified atom stereocenters. The second kappa shape index (κ2) is 5.76. The largest absolute Gasteiger partial charge is 0.342 e. The summed E-state index contributed by atoms with van der Waals surface area (Å²) in [5.74, 6) is 1.67. The first-order chi connectivity index (χ1) is 8.22. The lowest BCUT2D eigenvalue weighted by Crippen LogP contribution is -2.58. The van der Waals surface area contributed by atoms with Crippen molar-refractivity contribution in [2.24, 2.45) is 5.92 Å². The summed E-state index contributed by atoms with van der Waals surface area (Å²) in [4.78, 5) is 25.4. The summed E-state index contributed by atoms with van der Waals surface area (Å²) in [6.45, 7) is 0.983. The van der Waals surface area contributed by atoms with E-state index in [1.807, 2.05) is 11.8 Å². The molecule has 1 atom stereocenters. The number of nitrogens with one attached hydrogen (secondary N) is 1. The Hall–Kier alpha value is -0.710. The molecule has 1 saturated heterocycles. The summed E-state index contributed by atoms with van der Waals surface area (Å²) in [6.07, 6.45) is 6.36. The number of nitrogens with zero attached hydrogens (tertiary/aromatic N) is 1. The Morgan fingerprint density at radius 2 is 2.12 bits per heavy atom. The lowest BCUT2D eigenvalue weighted by Gasteiger charge is -2.32. The van der Waals surface area contributed by atoms with Crippen molar-refractivity contribution in [3.63, 3.8) is 0 Å². The number of piperazine rings is 1. The van der Waals surface area contributed by atoms with E-state index >= 15 is 0 Å². The highest BCUT2D eigenvalue weighted by Crippen LogP contribution is 2.34. The first-order valence-electron chi connectivity index (χ1n) is 6.29. The third kappa shape index (κ3) is 3.37. The maximum absolute atomic E-state index is 12.1. The van der Waals surface area contributed by atoms with Gasteiger partial charge in [-0.05, 0) is 43.6 Å². The van der Waals surface area contributed by atoms with Crippen LogP contribution in [0, 0.1) is 5.92 Å². The zero-order valence-corrected chi connectivity index (χ0v) is 11.1. The predicted molar refractivity (Wildman–Crippen MR) is 68.9 cm³/mol. The van der Waals surface area contributed by atoms with E-state index in [1.165, 1.54) is 0 Å². The van der Waals surface area contributed by atoms with E-state index in [0.29, 0.717) is 5.92 Å². The molecular weight excluding hydrogens is 236 g/mol. The molecule has 2 rings (SSSR count). The Kier molecular flexibility index (Phi) is 4.31. The van der Waals surface area contributed by atoms with Crippen LogP contribution in [0.3, 0.4) is 0 Å². The minimum atomic E-state index is -0.225. The van der Waals surface area contributed by atoms with Crippen LogP contribution in [0.5, 0.6) is 0 Å². The highest BCUT2D eigenvalue weighted by atomic mass is 32.2. The van der Waals surface area contributed by atoms with Gasteiger partial charge in [0.15, 0.2) is 0 Å². The van der Waals surface area contributed by atoms with Gasteiger partial charge < -0.3 is 10.2 Å². The average molecular weight is 256 g/mol. The van der Waals surface area contributed by atoms with Crippen LogP contribution >= 0.6 is 11.8 Å². The molecule has 1 aliphatic carbocycles. The maximum atomic E-state index is 12.1. The van der Waals surface area contributed by atoms with Crippen molar-refractivity contribution in [2.45, 2.75) is 31.7 Å². The normalized spacial score (nSPS) is 25.0. The number of amides is 2. The van der Waals surface area contributed by atoms with Gasteiger partial charge >= 0.3 is 0 Å². The lowest BCUT2D eigenvalue weighted by molar-refractivity contribution is -0.144. The maximum Gasteiger partial charge on any atom is 0.245 e. The minimum absolute atomic E-state index is 0.00589. The van der Waals surface area contributed by atoms with Crippen molar-refractivity contribution < 1.29 is 9.59 Å². The number of rotatable bonds is 6. The third-order valence-electron chi connectivity index (χ3n) is 3.35. The molecule has 1 aliphatic heterocycles. The molecule has 2 fully saturated rings. The molecule has 0 aromatic heterocycles. The summed E-state index contributed by atoms with van der Waals surface area (Å²) in [5.41, 5.74) is 0. The Balaban J connectivity index is 1.82. The topological polar surface area (TPSA) is 49.4 Å². The summed E-state index contributed by atoms with van der Waals surface area (Å²) < 4.78 is 0. The van der Waals surface area contributed by atoms with Crippen LogP contribution in [0.4, 0.5) is 0 Å². The molecule has 1 N–H and O–H groups in total. The molecule has 17 heavy (non-hydrogen) atoms. The molecule has 0 aromatic carbocycles. The van der Waals surface area contributed by atoms with Crippen LogP contribution in [-0.4, -0.2) is 47.9 Å². The van der Waals surface area contributed by atoms with E-state index < -0.39 is 0 Å². The fraction of sp³-hybridized carbons (Fsp3) is 0.833.